The molecule has 0 unspecified atom stereocenters. The molecule has 1 aliphatic heterocycles. The molecule has 0 bridgehead atoms. The van der Waals surface area contributed by atoms with Crippen molar-refractivity contribution in [1.29, 1.82) is 0 Å². The predicted octanol–water partition coefficient (Wildman–Crippen LogP) is 1.21. The van der Waals surface area contributed by atoms with Crippen molar-refractivity contribution in [2.75, 3.05) is 26.7 Å². The van der Waals surface area contributed by atoms with Crippen LogP contribution < -0.4 is 11.1 Å². The van der Waals surface area contributed by atoms with Gasteiger partial charge in [0, 0.05) is 6.54 Å². The molecular weight excluding hydrogens is 226 g/mol. The zero-order valence-electron chi connectivity index (χ0n) is 12.1. The van der Waals surface area contributed by atoms with E-state index in [1.165, 1.54) is 25.9 Å². The average molecular weight is 255 g/mol. The topological polar surface area (TPSA) is 58.4 Å². The van der Waals surface area contributed by atoms with Crippen LogP contribution in [-0.2, 0) is 4.79 Å². The molecule has 0 aliphatic carbocycles. The van der Waals surface area contributed by atoms with E-state index in [1.54, 1.807) is 0 Å². The number of carbonyl (C=O) groups excluding carboxylic acids is 1. The molecule has 4 heteroatoms. The van der Waals surface area contributed by atoms with Crippen molar-refractivity contribution in [2.45, 2.75) is 45.6 Å². The van der Waals surface area contributed by atoms with E-state index >= 15 is 0 Å². The summed E-state index contributed by atoms with van der Waals surface area (Å²) < 4.78 is 0. The van der Waals surface area contributed by atoms with Crippen LogP contribution in [0.2, 0.25) is 0 Å². The Morgan fingerprint density at radius 2 is 2.00 bits per heavy atom. The Labute approximate surface area is 111 Å². The molecule has 0 aromatic heterocycles. The minimum atomic E-state index is -0.345. The van der Waals surface area contributed by atoms with Gasteiger partial charge in [0.05, 0.1) is 6.04 Å². The van der Waals surface area contributed by atoms with Crippen LogP contribution in [0.25, 0.3) is 0 Å². The smallest absolute Gasteiger partial charge is 0.236 e. The predicted molar refractivity (Wildman–Crippen MR) is 75.3 cm³/mol. The third kappa shape index (κ3) is 5.83. The largest absolute Gasteiger partial charge is 0.355 e. The molecule has 1 amide bonds. The van der Waals surface area contributed by atoms with Crippen LogP contribution in [0.1, 0.15) is 39.5 Å². The van der Waals surface area contributed by atoms with Gasteiger partial charge in [-0.25, -0.2) is 0 Å². The highest BCUT2D eigenvalue weighted by atomic mass is 16.2. The van der Waals surface area contributed by atoms with Crippen molar-refractivity contribution in [1.82, 2.24) is 10.2 Å². The minimum absolute atomic E-state index is 0.0108. The molecule has 1 aliphatic rings. The second-order valence-electron chi connectivity index (χ2n) is 6.06. The van der Waals surface area contributed by atoms with Gasteiger partial charge < -0.3 is 16.0 Å². The van der Waals surface area contributed by atoms with E-state index in [0.29, 0.717) is 5.92 Å². The Morgan fingerprint density at radius 1 is 1.39 bits per heavy atom. The number of nitrogens with zero attached hydrogens (tertiary/aromatic N) is 1. The lowest BCUT2D eigenvalue weighted by Crippen LogP contribution is -2.42. The Morgan fingerprint density at radius 3 is 2.56 bits per heavy atom. The average Bonchev–Trinajstić information content (AvgIpc) is 2.30. The Balaban J connectivity index is 2.11. The lowest BCUT2D eigenvalue weighted by Gasteiger charge is -2.29. The van der Waals surface area contributed by atoms with Crippen molar-refractivity contribution in [2.24, 2.45) is 17.6 Å². The standard InChI is InChI=1S/C14H29N3O/c1-11(2)10-13(15)14(18)16-7-4-12-5-8-17(3)9-6-12/h11-13H,4-10,15H2,1-3H3,(H,16,18)/t13-/m1/s1. The summed E-state index contributed by atoms with van der Waals surface area (Å²) >= 11 is 0. The molecular formula is C14H29N3O. The summed E-state index contributed by atoms with van der Waals surface area (Å²) in [5.74, 6) is 1.25. The number of rotatable bonds is 6. The third-order valence-electron chi connectivity index (χ3n) is 3.75. The van der Waals surface area contributed by atoms with Crippen molar-refractivity contribution < 1.29 is 4.79 Å². The highest BCUT2D eigenvalue weighted by Gasteiger charge is 2.18. The number of piperidine rings is 1. The molecule has 4 nitrogen and oxygen atoms in total. The van der Waals surface area contributed by atoms with Gasteiger partial charge in [0.2, 0.25) is 5.91 Å². The number of nitrogens with two attached hydrogens (primary N) is 1. The molecule has 0 spiro atoms. The van der Waals surface area contributed by atoms with Crippen LogP contribution in [0, 0.1) is 11.8 Å². The van der Waals surface area contributed by atoms with Gasteiger partial charge in [0.15, 0.2) is 0 Å². The van der Waals surface area contributed by atoms with Gasteiger partial charge in [-0.05, 0) is 57.7 Å². The fourth-order valence-electron chi connectivity index (χ4n) is 2.50. The number of carbonyl (C=O) groups is 1. The van der Waals surface area contributed by atoms with Gasteiger partial charge in [-0.15, -0.1) is 0 Å². The summed E-state index contributed by atoms with van der Waals surface area (Å²) in [6, 6.07) is -0.345. The number of amides is 1. The maximum Gasteiger partial charge on any atom is 0.236 e. The molecule has 0 saturated carbocycles. The van der Waals surface area contributed by atoms with Crippen LogP contribution in [0.5, 0.6) is 0 Å². The maximum atomic E-state index is 11.7. The molecule has 0 aromatic carbocycles. The van der Waals surface area contributed by atoms with Gasteiger partial charge in [-0.3, -0.25) is 4.79 Å². The molecule has 1 fully saturated rings. The molecule has 1 atom stereocenters. The zero-order valence-corrected chi connectivity index (χ0v) is 12.1. The third-order valence-corrected chi connectivity index (χ3v) is 3.75. The molecule has 0 aromatic rings. The maximum absolute atomic E-state index is 11.7. The first-order valence-electron chi connectivity index (χ1n) is 7.21. The van der Waals surface area contributed by atoms with Gasteiger partial charge in [-0.2, -0.15) is 0 Å². The summed E-state index contributed by atoms with van der Waals surface area (Å²) in [7, 11) is 2.17. The number of hydrogen-bond donors (Lipinski definition) is 2. The summed E-state index contributed by atoms with van der Waals surface area (Å²) in [5.41, 5.74) is 5.84. The van der Waals surface area contributed by atoms with Crippen LogP contribution in [-0.4, -0.2) is 43.5 Å². The van der Waals surface area contributed by atoms with E-state index < -0.39 is 0 Å². The zero-order chi connectivity index (χ0) is 13.5. The van der Waals surface area contributed by atoms with Gasteiger partial charge >= 0.3 is 0 Å². The molecule has 106 valence electrons. The van der Waals surface area contributed by atoms with Crippen molar-refractivity contribution in [3.63, 3.8) is 0 Å². The first-order chi connectivity index (χ1) is 8.49. The fourth-order valence-corrected chi connectivity index (χ4v) is 2.50. The van der Waals surface area contributed by atoms with E-state index in [0.717, 1.165) is 25.3 Å². The molecule has 1 rings (SSSR count). The highest BCUT2D eigenvalue weighted by Crippen LogP contribution is 2.18. The number of likely N-dealkylation sites (tertiary alicyclic amines) is 1. The molecule has 0 radical (unpaired) electrons. The van der Waals surface area contributed by atoms with E-state index in [-0.39, 0.29) is 11.9 Å². The summed E-state index contributed by atoms with van der Waals surface area (Å²) in [6.07, 6.45) is 4.36. The Bertz CT molecular complexity index is 247. The molecule has 1 saturated heterocycles. The normalized spacial score (nSPS) is 20.1. The van der Waals surface area contributed by atoms with Gasteiger partial charge in [0.1, 0.15) is 0 Å². The highest BCUT2D eigenvalue weighted by molar-refractivity contribution is 5.81. The summed E-state index contributed by atoms with van der Waals surface area (Å²) in [5, 5.41) is 2.97. The van der Waals surface area contributed by atoms with Crippen molar-refractivity contribution in [3.8, 4) is 0 Å². The van der Waals surface area contributed by atoms with E-state index in [2.05, 4.69) is 31.1 Å². The second kappa shape index (κ2) is 7.74. The minimum Gasteiger partial charge on any atom is -0.355 e. The molecule has 1 heterocycles. The Kier molecular flexibility index (Phi) is 6.65. The molecule has 18 heavy (non-hydrogen) atoms. The lowest BCUT2D eigenvalue weighted by molar-refractivity contribution is -0.122. The number of hydrogen-bond acceptors (Lipinski definition) is 3. The van der Waals surface area contributed by atoms with E-state index in [9.17, 15) is 4.79 Å². The lowest BCUT2D eigenvalue weighted by atomic mass is 9.94. The second-order valence-corrected chi connectivity index (χ2v) is 6.06. The molecule has 3 N–H and O–H groups in total. The first-order valence-corrected chi connectivity index (χ1v) is 7.21. The van der Waals surface area contributed by atoms with E-state index in [1.807, 2.05) is 0 Å². The van der Waals surface area contributed by atoms with Crippen LogP contribution in [0.15, 0.2) is 0 Å². The van der Waals surface area contributed by atoms with Gasteiger partial charge in [-0.1, -0.05) is 13.8 Å². The van der Waals surface area contributed by atoms with Crippen molar-refractivity contribution in [3.05, 3.63) is 0 Å². The Hall–Kier alpha value is -0.610. The van der Waals surface area contributed by atoms with Crippen LogP contribution >= 0.6 is 0 Å². The van der Waals surface area contributed by atoms with Gasteiger partial charge in [0.25, 0.3) is 0 Å². The van der Waals surface area contributed by atoms with E-state index in [4.69, 9.17) is 5.73 Å². The SMILES string of the molecule is CC(C)C[C@@H](N)C(=O)NCCC1CCN(C)CC1. The fraction of sp³-hybridized carbons (Fsp3) is 0.929. The monoisotopic (exact) mass is 255 g/mol. The van der Waals surface area contributed by atoms with Crippen LogP contribution in [0.3, 0.4) is 0 Å². The number of nitrogens with one attached hydrogen (secondary N) is 1. The summed E-state index contributed by atoms with van der Waals surface area (Å²) in [6.45, 7) is 7.33. The van der Waals surface area contributed by atoms with Crippen molar-refractivity contribution >= 4 is 5.91 Å². The van der Waals surface area contributed by atoms with Crippen LogP contribution in [0.4, 0.5) is 0 Å². The quantitative estimate of drug-likeness (QED) is 0.750. The first kappa shape index (κ1) is 15.4. The summed E-state index contributed by atoms with van der Waals surface area (Å²) in [4.78, 5) is 14.1.